The van der Waals surface area contributed by atoms with Crippen LogP contribution >= 0.6 is 0 Å². The predicted molar refractivity (Wildman–Crippen MR) is 45.7 cm³/mol. The van der Waals surface area contributed by atoms with E-state index in [4.69, 9.17) is 0 Å². The lowest BCUT2D eigenvalue weighted by Gasteiger charge is -2.04. The fourth-order valence-corrected chi connectivity index (χ4v) is 1.14. The number of carbonyl (C=O) groups excluding carboxylic acids is 1. The molecule has 0 aliphatic heterocycles. The van der Waals surface area contributed by atoms with E-state index in [2.05, 4.69) is 0 Å². The Bertz CT molecular complexity index is 323. The second-order valence-corrected chi connectivity index (χ2v) is 2.86. The topological polar surface area (TPSA) is 17.1 Å². The normalized spacial score (nSPS) is 10.6. The Labute approximate surface area is 79.5 Å². The lowest BCUT2D eigenvalue weighted by atomic mass is 10.1. The van der Waals surface area contributed by atoms with E-state index in [1.165, 1.54) is 6.07 Å². The van der Waals surface area contributed by atoms with E-state index in [0.717, 1.165) is 12.1 Å². The molecule has 0 aliphatic carbocycles. The van der Waals surface area contributed by atoms with E-state index in [1.54, 1.807) is 0 Å². The van der Waals surface area contributed by atoms with Crippen molar-refractivity contribution in [3.05, 3.63) is 35.1 Å². The molecule has 1 nitrogen and oxygen atoms in total. The van der Waals surface area contributed by atoms with E-state index in [1.807, 2.05) is 0 Å². The summed E-state index contributed by atoms with van der Waals surface area (Å²) in [6, 6.07) is 3.51. The lowest BCUT2D eigenvalue weighted by Crippen LogP contribution is -1.94. The van der Waals surface area contributed by atoms with Crippen molar-refractivity contribution >= 4 is 6.29 Å². The number of halogens is 3. The number of carbonyl (C=O) groups is 1. The highest BCUT2D eigenvalue weighted by atomic mass is 19.3. The van der Waals surface area contributed by atoms with Crippen LogP contribution in [0.2, 0.25) is 0 Å². The molecule has 0 N–H and O–H groups in total. The molecule has 0 amide bonds. The van der Waals surface area contributed by atoms with Crippen LogP contribution in [-0.2, 0) is 11.2 Å². The Morgan fingerprint density at radius 2 is 2.07 bits per heavy atom. The van der Waals surface area contributed by atoms with Gasteiger partial charge in [-0.05, 0) is 24.1 Å². The van der Waals surface area contributed by atoms with Crippen molar-refractivity contribution in [2.24, 2.45) is 0 Å². The van der Waals surface area contributed by atoms with Crippen molar-refractivity contribution in [1.82, 2.24) is 0 Å². The third-order valence-electron chi connectivity index (χ3n) is 1.85. The third kappa shape index (κ3) is 2.58. The molecule has 0 aliphatic rings. The van der Waals surface area contributed by atoms with Gasteiger partial charge in [-0.15, -0.1) is 0 Å². The molecule has 76 valence electrons. The predicted octanol–water partition coefficient (Wildman–Crippen LogP) is 2.89. The number of aldehydes is 1. The van der Waals surface area contributed by atoms with Gasteiger partial charge >= 0.3 is 0 Å². The molecular formula is C10H9F3O. The first kappa shape index (κ1) is 10.8. The highest BCUT2D eigenvalue weighted by Crippen LogP contribution is 2.23. The van der Waals surface area contributed by atoms with Gasteiger partial charge in [-0.25, -0.2) is 13.2 Å². The van der Waals surface area contributed by atoms with Crippen LogP contribution in [0.4, 0.5) is 13.2 Å². The summed E-state index contributed by atoms with van der Waals surface area (Å²) in [5.74, 6) is -0.908. The van der Waals surface area contributed by atoms with Crippen LogP contribution in [0.1, 0.15) is 24.0 Å². The Kier molecular flexibility index (Phi) is 3.68. The number of hydrogen-bond donors (Lipinski definition) is 0. The average molecular weight is 202 g/mol. The summed E-state index contributed by atoms with van der Waals surface area (Å²) in [6.45, 7) is 0. The summed E-state index contributed by atoms with van der Waals surface area (Å²) in [5.41, 5.74) is -0.0535. The monoisotopic (exact) mass is 202 g/mol. The molecule has 14 heavy (non-hydrogen) atoms. The fraction of sp³-hybridized carbons (Fsp3) is 0.300. The minimum absolute atomic E-state index is 0.258. The zero-order valence-electron chi connectivity index (χ0n) is 7.34. The number of rotatable bonds is 4. The van der Waals surface area contributed by atoms with E-state index >= 15 is 0 Å². The van der Waals surface area contributed by atoms with Gasteiger partial charge in [0, 0.05) is 6.42 Å². The van der Waals surface area contributed by atoms with Gasteiger partial charge < -0.3 is 4.79 Å². The summed E-state index contributed by atoms with van der Waals surface area (Å²) < 4.78 is 37.2. The third-order valence-corrected chi connectivity index (χ3v) is 1.85. The Balaban J connectivity index is 2.88. The minimum atomic E-state index is -2.81. The zero-order chi connectivity index (χ0) is 10.6. The fourth-order valence-electron chi connectivity index (χ4n) is 1.14. The number of aryl methyl sites for hydroxylation is 1. The van der Waals surface area contributed by atoms with Crippen LogP contribution < -0.4 is 0 Å². The van der Waals surface area contributed by atoms with E-state index in [9.17, 15) is 18.0 Å². The SMILES string of the molecule is O=CCCc1ccc(F)c(C(F)F)c1. The van der Waals surface area contributed by atoms with Crippen LogP contribution in [0.15, 0.2) is 18.2 Å². The Morgan fingerprint density at radius 1 is 1.36 bits per heavy atom. The van der Waals surface area contributed by atoms with Crippen LogP contribution in [0, 0.1) is 5.82 Å². The van der Waals surface area contributed by atoms with Gasteiger partial charge in [-0.3, -0.25) is 0 Å². The molecule has 1 aromatic rings. The van der Waals surface area contributed by atoms with E-state index in [-0.39, 0.29) is 6.42 Å². The lowest BCUT2D eigenvalue weighted by molar-refractivity contribution is -0.107. The van der Waals surface area contributed by atoms with Crippen LogP contribution in [0.5, 0.6) is 0 Å². The molecule has 0 heterocycles. The summed E-state index contributed by atoms with van der Waals surface area (Å²) in [4.78, 5) is 10.0. The molecule has 0 atom stereocenters. The molecule has 0 saturated heterocycles. The van der Waals surface area contributed by atoms with Crippen molar-refractivity contribution < 1.29 is 18.0 Å². The van der Waals surface area contributed by atoms with Gasteiger partial charge in [0.2, 0.25) is 0 Å². The first-order chi connectivity index (χ1) is 6.65. The smallest absolute Gasteiger partial charge is 0.266 e. The van der Waals surface area contributed by atoms with Crippen molar-refractivity contribution in [2.45, 2.75) is 19.3 Å². The number of alkyl halides is 2. The summed E-state index contributed by atoms with van der Waals surface area (Å²) in [5, 5.41) is 0. The summed E-state index contributed by atoms with van der Waals surface area (Å²) in [6.07, 6.45) is -1.49. The largest absolute Gasteiger partial charge is 0.303 e. The maximum absolute atomic E-state index is 12.8. The van der Waals surface area contributed by atoms with Gasteiger partial charge in [-0.1, -0.05) is 6.07 Å². The molecule has 0 saturated carbocycles. The number of hydrogen-bond acceptors (Lipinski definition) is 1. The molecule has 4 heteroatoms. The standard InChI is InChI=1S/C10H9F3O/c11-9-4-3-7(2-1-5-14)6-8(9)10(12)13/h3-6,10H,1-2H2. The van der Waals surface area contributed by atoms with Gasteiger partial charge in [0.15, 0.2) is 0 Å². The Morgan fingerprint density at radius 3 is 2.64 bits per heavy atom. The maximum atomic E-state index is 12.8. The second-order valence-electron chi connectivity index (χ2n) is 2.86. The van der Waals surface area contributed by atoms with Crippen molar-refractivity contribution in [3.63, 3.8) is 0 Å². The highest BCUT2D eigenvalue weighted by molar-refractivity contribution is 5.50. The molecule has 0 radical (unpaired) electrons. The molecule has 0 unspecified atom stereocenters. The summed E-state index contributed by atoms with van der Waals surface area (Å²) in [7, 11) is 0. The maximum Gasteiger partial charge on any atom is 0.266 e. The van der Waals surface area contributed by atoms with Crippen LogP contribution in [0.3, 0.4) is 0 Å². The molecule has 1 rings (SSSR count). The van der Waals surface area contributed by atoms with Crippen molar-refractivity contribution in [3.8, 4) is 0 Å². The van der Waals surface area contributed by atoms with Gasteiger partial charge in [-0.2, -0.15) is 0 Å². The average Bonchev–Trinajstić information content (AvgIpc) is 2.16. The van der Waals surface area contributed by atoms with Gasteiger partial charge in [0.25, 0.3) is 6.43 Å². The Hall–Kier alpha value is -1.32. The molecule has 0 aromatic heterocycles. The zero-order valence-corrected chi connectivity index (χ0v) is 7.34. The molecular weight excluding hydrogens is 193 g/mol. The first-order valence-corrected chi connectivity index (χ1v) is 4.15. The summed E-state index contributed by atoms with van der Waals surface area (Å²) >= 11 is 0. The molecule has 1 aromatic carbocycles. The first-order valence-electron chi connectivity index (χ1n) is 4.15. The minimum Gasteiger partial charge on any atom is -0.303 e. The van der Waals surface area contributed by atoms with Crippen LogP contribution in [-0.4, -0.2) is 6.29 Å². The second kappa shape index (κ2) is 4.79. The molecule has 0 bridgehead atoms. The number of benzene rings is 1. The van der Waals surface area contributed by atoms with E-state index in [0.29, 0.717) is 18.3 Å². The van der Waals surface area contributed by atoms with E-state index < -0.39 is 17.8 Å². The van der Waals surface area contributed by atoms with Crippen molar-refractivity contribution in [1.29, 1.82) is 0 Å². The van der Waals surface area contributed by atoms with Crippen LogP contribution in [0.25, 0.3) is 0 Å². The highest BCUT2D eigenvalue weighted by Gasteiger charge is 2.13. The molecule has 0 spiro atoms. The van der Waals surface area contributed by atoms with Crippen molar-refractivity contribution in [2.75, 3.05) is 0 Å². The quantitative estimate of drug-likeness (QED) is 0.686. The van der Waals surface area contributed by atoms with Gasteiger partial charge in [0.05, 0.1) is 5.56 Å². The molecule has 0 fully saturated rings. The van der Waals surface area contributed by atoms with Gasteiger partial charge in [0.1, 0.15) is 12.1 Å².